The zero-order valence-electron chi connectivity index (χ0n) is 8.11. The molecule has 1 aliphatic carbocycles. The fourth-order valence-electron chi connectivity index (χ4n) is 1.86. The van der Waals surface area contributed by atoms with Crippen molar-refractivity contribution < 1.29 is 0 Å². The van der Waals surface area contributed by atoms with Gasteiger partial charge in [-0.05, 0) is 36.6 Å². The van der Waals surface area contributed by atoms with Crippen molar-refractivity contribution in [3.8, 4) is 0 Å². The Morgan fingerprint density at radius 2 is 1.93 bits per heavy atom. The van der Waals surface area contributed by atoms with Gasteiger partial charge in [-0.1, -0.05) is 24.3 Å². The highest BCUT2D eigenvalue weighted by atomic mass is 14.7. The average molecular weight is 183 g/mol. The molecule has 70 valence electrons. The van der Waals surface area contributed by atoms with Gasteiger partial charge in [0.05, 0.1) is 0 Å². The number of hydrogen-bond donors (Lipinski definition) is 0. The van der Waals surface area contributed by atoms with Crippen LogP contribution in [0.1, 0.15) is 18.5 Å². The SMILES string of the molecule is c1ccc2cc(CC3CC3)ncc2c1. The lowest BCUT2D eigenvalue weighted by molar-refractivity contribution is 0.806. The van der Waals surface area contributed by atoms with E-state index < -0.39 is 0 Å². The van der Waals surface area contributed by atoms with Gasteiger partial charge >= 0.3 is 0 Å². The first-order chi connectivity index (χ1) is 6.92. The van der Waals surface area contributed by atoms with Gasteiger partial charge < -0.3 is 0 Å². The molecule has 0 spiro atoms. The van der Waals surface area contributed by atoms with Crippen LogP contribution in [0.4, 0.5) is 0 Å². The van der Waals surface area contributed by atoms with Crippen LogP contribution in [0.2, 0.25) is 0 Å². The van der Waals surface area contributed by atoms with E-state index in [4.69, 9.17) is 0 Å². The molecule has 1 fully saturated rings. The molecule has 1 nitrogen and oxygen atoms in total. The van der Waals surface area contributed by atoms with Crippen LogP contribution in [0.3, 0.4) is 0 Å². The first kappa shape index (κ1) is 7.98. The first-order valence-electron chi connectivity index (χ1n) is 5.25. The van der Waals surface area contributed by atoms with Crippen LogP contribution >= 0.6 is 0 Å². The second-order valence-corrected chi connectivity index (χ2v) is 4.17. The molecule has 2 aromatic rings. The van der Waals surface area contributed by atoms with Crippen LogP contribution in [-0.4, -0.2) is 4.98 Å². The van der Waals surface area contributed by atoms with Crippen molar-refractivity contribution >= 4 is 10.8 Å². The summed E-state index contributed by atoms with van der Waals surface area (Å²) in [5.74, 6) is 0.920. The molecular formula is C13H13N. The predicted octanol–water partition coefficient (Wildman–Crippen LogP) is 3.19. The Labute approximate surface area is 83.8 Å². The van der Waals surface area contributed by atoms with Gasteiger partial charge in [-0.25, -0.2) is 0 Å². The molecule has 0 aliphatic heterocycles. The lowest BCUT2D eigenvalue weighted by atomic mass is 10.1. The van der Waals surface area contributed by atoms with Crippen molar-refractivity contribution in [2.24, 2.45) is 5.92 Å². The number of hydrogen-bond acceptors (Lipinski definition) is 1. The maximum absolute atomic E-state index is 4.49. The van der Waals surface area contributed by atoms with E-state index in [2.05, 4.69) is 35.3 Å². The Balaban J connectivity index is 2.01. The zero-order valence-corrected chi connectivity index (χ0v) is 8.11. The van der Waals surface area contributed by atoms with Crippen molar-refractivity contribution in [1.29, 1.82) is 0 Å². The number of aromatic nitrogens is 1. The van der Waals surface area contributed by atoms with E-state index in [-0.39, 0.29) is 0 Å². The van der Waals surface area contributed by atoms with Crippen molar-refractivity contribution in [2.45, 2.75) is 19.3 Å². The van der Waals surface area contributed by atoms with Crippen LogP contribution in [0.5, 0.6) is 0 Å². The highest BCUT2D eigenvalue weighted by molar-refractivity contribution is 5.81. The predicted molar refractivity (Wildman–Crippen MR) is 58.2 cm³/mol. The second kappa shape index (κ2) is 3.09. The molecule has 0 bridgehead atoms. The highest BCUT2D eigenvalue weighted by Crippen LogP contribution is 2.32. The average Bonchev–Trinajstić information content (AvgIpc) is 3.02. The summed E-state index contributed by atoms with van der Waals surface area (Å²) in [5.41, 5.74) is 1.26. The highest BCUT2D eigenvalue weighted by Gasteiger charge is 2.21. The summed E-state index contributed by atoms with van der Waals surface area (Å²) in [7, 11) is 0. The lowest BCUT2D eigenvalue weighted by Gasteiger charge is -2.01. The van der Waals surface area contributed by atoms with E-state index in [9.17, 15) is 0 Å². The third kappa shape index (κ3) is 1.50. The van der Waals surface area contributed by atoms with E-state index >= 15 is 0 Å². The van der Waals surface area contributed by atoms with Crippen LogP contribution in [0.15, 0.2) is 36.5 Å². The van der Waals surface area contributed by atoms with Crippen LogP contribution < -0.4 is 0 Å². The molecule has 0 saturated heterocycles. The van der Waals surface area contributed by atoms with Gasteiger partial charge in [-0.2, -0.15) is 0 Å². The molecule has 1 saturated carbocycles. The molecule has 1 aromatic carbocycles. The summed E-state index contributed by atoms with van der Waals surface area (Å²) in [6.45, 7) is 0. The Morgan fingerprint density at radius 1 is 1.14 bits per heavy atom. The van der Waals surface area contributed by atoms with Gasteiger partial charge in [-0.15, -0.1) is 0 Å². The van der Waals surface area contributed by atoms with Gasteiger partial charge in [0.15, 0.2) is 0 Å². The lowest BCUT2D eigenvalue weighted by Crippen LogP contribution is -1.91. The summed E-state index contributed by atoms with van der Waals surface area (Å²) in [6, 6.07) is 10.7. The summed E-state index contributed by atoms with van der Waals surface area (Å²) in [4.78, 5) is 4.49. The number of fused-ring (bicyclic) bond motifs is 1. The molecule has 0 amide bonds. The Hall–Kier alpha value is -1.37. The molecule has 1 aromatic heterocycles. The standard InChI is InChI=1S/C13H13N/c1-2-4-12-9-14-13(7-10-5-6-10)8-11(12)3-1/h1-4,8-10H,5-7H2. The van der Waals surface area contributed by atoms with Gasteiger partial charge in [-0.3, -0.25) is 4.98 Å². The Bertz CT molecular complexity index is 457. The van der Waals surface area contributed by atoms with Crippen molar-refractivity contribution in [1.82, 2.24) is 4.98 Å². The molecule has 1 heteroatoms. The van der Waals surface area contributed by atoms with Gasteiger partial charge in [0, 0.05) is 17.3 Å². The van der Waals surface area contributed by atoms with Gasteiger partial charge in [0.2, 0.25) is 0 Å². The van der Waals surface area contributed by atoms with Crippen molar-refractivity contribution in [2.75, 3.05) is 0 Å². The van der Waals surface area contributed by atoms with E-state index in [1.807, 2.05) is 6.20 Å². The monoisotopic (exact) mass is 183 g/mol. The first-order valence-corrected chi connectivity index (χ1v) is 5.25. The van der Waals surface area contributed by atoms with Crippen molar-refractivity contribution in [3.63, 3.8) is 0 Å². The van der Waals surface area contributed by atoms with Gasteiger partial charge in [0.25, 0.3) is 0 Å². The molecule has 0 atom stereocenters. The van der Waals surface area contributed by atoms with Crippen molar-refractivity contribution in [3.05, 3.63) is 42.2 Å². The third-order valence-electron chi connectivity index (χ3n) is 2.88. The fourth-order valence-corrected chi connectivity index (χ4v) is 1.86. The Morgan fingerprint density at radius 3 is 2.71 bits per heavy atom. The third-order valence-corrected chi connectivity index (χ3v) is 2.88. The molecule has 3 rings (SSSR count). The minimum Gasteiger partial charge on any atom is -0.261 e. The molecule has 0 radical (unpaired) electrons. The Kier molecular flexibility index (Phi) is 1.76. The minimum absolute atomic E-state index is 0.920. The van der Waals surface area contributed by atoms with E-state index in [0.717, 1.165) is 5.92 Å². The number of pyridine rings is 1. The molecule has 0 unspecified atom stereocenters. The van der Waals surface area contributed by atoms with E-state index in [1.54, 1.807) is 0 Å². The second-order valence-electron chi connectivity index (χ2n) is 4.17. The minimum atomic E-state index is 0.920. The van der Waals surface area contributed by atoms with Crippen LogP contribution in [0.25, 0.3) is 10.8 Å². The summed E-state index contributed by atoms with van der Waals surface area (Å²) in [6.07, 6.45) is 5.96. The number of rotatable bonds is 2. The summed E-state index contributed by atoms with van der Waals surface area (Å²) >= 11 is 0. The zero-order chi connectivity index (χ0) is 9.38. The normalized spacial score (nSPS) is 16.0. The number of nitrogens with zero attached hydrogens (tertiary/aromatic N) is 1. The quantitative estimate of drug-likeness (QED) is 0.696. The molecule has 1 aliphatic rings. The maximum atomic E-state index is 4.49. The molecule has 0 N–H and O–H groups in total. The summed E-state index contributed by atoms with van der Waals surface area (Å²) < 4.78 is 0. The van der Waals surface area contributed by atoms with Crippen LogP contribution in [-0.2, 0) is 6.42 Å². The smallest absolute Gasteiger partial charge is 0.0412 e. The van der Waals surface area contributed by atoms with E-state index in [0.29, 0.717) is 0 Å². The number of benzene rings is 1. The van der Waals surface area contributed by atoms with E-state index in [1.165, 1.54) is 35.7 Å². The molecular weight excluding hydrogens is 170 g/mol. The molecule has 1 heterocycles. The summed E-state index contributed by atoms with van der Waals surface area (Å²) in [5, 5.41) is 2.56. The maximum Gasteiger partial charge on any atom is 0.0412 e. The largest absolute Gasteiger partial charge is 0.261 e. The van der Waals surface area contributed by atoms with Gasteiger partial charge in [0.1, 0.15) is 0 Å². The fraction of sp³-hybridized carbons (Fsp3) is 0.308. The topological polar surface area (TPSA) is 12.9 Å². The molecule has 14 heavy (non-hydrogen) atoms. The van der Waals surface area contributed by atoms with Crippen LogP contribution in [0, 0.1) is 5.92 Å².